The molecule has 1 spiro atoms. The van der Waals surface area contributed by atoms with E-state index in [4.69, 9.17) is 4.74 Å². The molecule has 6 rings (SSSR count). The summed E-state index contributed by atoms with van der Waals surface area (Å²) in [6.45, 7) is 5.50. The Hall–Kier alpha value is -3.39. The largest absolute Gasteiger partial charge is 0.508 e. The number of hydrogen-bond donors (Lipinski definition) is 1. The van der Waals surface area contributed by atoms with Crippen LogP contribution in [0.15, 0.2) is 30.3 Å². The molecule has 36 heavy (non-hydrogen) atoms. The van der Waals surface area contributed by atoms with Crippen molar-refractivity contribution in [2.75, 3.05) is 24.6 Å². The summed E-state index contributed by atoms with van der Waals surface area (Å²) in [4.78, 5) is 11.0. The molecule has 0 bridgehead atoms. The van der Waals surface area contributed by atoms with E-state index >= 15 is 8.78 Å². The van der Waals surface area contributed by atoms with Crippen LogP contribution in [0, 0.1) is 24.4 Å². The monoisotopic (exact) mass is 493 g/mol. The summed E-state index contributed by atoms with van der Waals surface area (Å²) in [6.07, 6.45) is 3.13. The van der Waals surface area contributed by atoms with Crippen molar-refractivity contribution < 1.29 is 23.0 Å². The summed E-state index contributed by atoms with van der Waals surface area (Å²) in [5.41, 5.74) is -0.142. The molecule has 2 saturated heterocycles. The normalized spacial score (nSPS) is 19.9. The Morgan fingerprint density at radius 1 is 1.08 bits per heavy atom. The first-order valence-electron chi connectivity index (χ1n) is 12.3. The van der Waals surface area contributed by atoms with Crippen molar-refractivity contribution in [3.05, 3.63) is 59.2 Å². The first-order valence-corrected chi connectivity index (χ1v) is 12.3. The maximum absolute atomic E-state index is 16.2. The molecule has 2 aliphatic rings. The second-order valence-electron chi connectivity index (χ2n) is 9.82. The van der Waals surface area contributed by atoms with Crippen molar-refractivity contribution in [3.8, 4) is 16.9 Å². The van der Waals surface area contributed by atoms with Crippen molar-refractivity contribution in [3.63, 3.8) is 0 Å². The Kier molecular flexibility index (Phi) is 5.33. The van der Waals surface area contributed by atoms with Crippen LogP contribution in [0.5, 0.6) is 5.75 Å². The van der Waals surface area contributed by atoms with E-state index < -0.39 is 17.5 Å². The lowest BCUT2D eigenvalue weighted by Gasteiger charge is -2.49. The molecule has 0 radical (unpaired) electrons. The van der Waals surface area contributed by atoms with Gasteiger partial charge in [-0.15, -0.1) is 0 Å². The van der Waals surface area contributed by atoms with Gasteiger partial charge in [0, 0.05) is 24.9 Å². The third kappa shape index (κ3) is 3.50. The van der Waals surface area contributed by atoms with Gasteiger partial charge in [-0.05, 0) is 72.4 Å². The van der Waals surface area contributed by atoms with Gasteiger partial charge in [0.1, 0.15) is 34.5 Å². The molecule has 8 heteroatoms. The van der Waals surface area contributed by atoms with E-state index in [1.807, 2.05) is 4.90 Å². The molecule has 2 aliphatic heterocycles. The molecule has 1 aromatic heterocycles. The van der Waals surface area contributed by atoms with Crippen molar-refractivity contribution in [1.82, 2.24) is 9.97 Å². The van der Waals surface area contributed by atoms with E-state index in [0.29, 0.717) is 47.5 Å². The van der Waals surface area contributed by atoms with Crippen LogP contribution in [0.1, 0.15) is 37.6 Å². The Bertz CT molecular complexity index is 1530. The van der Waals surface area contributed by atoms with E-state index in [0.717, 1.165) is 25.9 Å². The van der Waals surface area contributed by atoms with Gasteiger partial charge in [0.15, 0.2) is 5.82 Å². The molecule has 0 saturated carbocycles. The van der Waals surface area contributed by atoms with Gasteiger partial charge in [-0.1, -0.05) is 13.0 Å². The van der Waals surface area contributed by atoms with Crippen LogP contribution in [0.4, 0.5) is 19.0 Å². The maximum atomic E-state index is 16.2. The fourth-order valence-electron chi connectivity index (χ4n) is 5.81. The summed E-state index contributed by atoms with van der Waals surface area (Å²) < 4.78 is 52.6. The zero-order valence-corrected chi connectivity index (χ0v) is 20.2. The number of nitrogens with zero attached hydrogens (tertiary/aromatic N) is 3. The van der Waals surface area contributed by atoms with Crippen LogP contribution in [-0.4, -0.2) is 40.4 Å². The topological polar surface area (TPSA) is 58.5 Å². The number of phenols is 1. The van der Waals surface area contributed by atoms with E-state index in [1.165, 1.54) is 30.3 Å². The Balaban J connectivity index is 1.60. The SMILES string of the molecule is CCc1c(F)ccc2cc(O)cc(-c3c(F)cc4c(N5CCCC6(CCO6)C5)nc(C)nc4c3F)c12. The number of halogens is 3. The standard InChI is InChI=1S/C28H26F3N3O2/c1-3-18-21(29)6-5-16-11-17(35)12-19(23(16)18)24-22(30)13-20-26(25(24)31)32-15(2)33-27(20)34-9-4-7-28(14-34)8-10-36-28/h5-6,11-13,35H,3-4,7-10,14H2,1-2H3. The summed E-state index contributed by atoms with van der Waals surface area (Å²) in [6, 6.07) is 6.81. The van der Waals surface area contributed by atoms with Crippen molar-refractivity contribution in [2.45, 2.75) is 45.1 Å². The summed E-state index contributed by atoms with van der Waals surface area (Å²) in [5.74, 6) is -1.46. The van der Waals surface area contributed by atoms with Gasteiger partial charge < -0.3 is 14.7 Å². The van der Waals surface area contributed by atoms with E-state index in [1.54, 1.807) is 13.8 Å². The molecular weight excluding hydrogens is 467 g/mol. The lowest BCUT2D eigenvalue weighted by Crippen LogP contribution is -2.56. The van der Waals surface area contributed by atoms with Gasteiger partial charge >= 0.3 is 0 Å². The van der Waals surface area contributed by atoms with E-state index in [2.05, 4.69) is 9.97 Å². The number of hydrogen-bond acceptors (Lipinski definition) is 5. The molecular formula is C28H26F3N3O2. The average Bonchev–Trinajstić information content (AvgIpc) is 2.83. The van der Waals surface area contributed by atoms with E-state index in [9.17, 15) is 9.50 Å². The molecule has 4 aromatic rings. The highest BCUT2D eigenvalue weighted by molar-refractivity contribution is 6.03. The predicted octanol–water partition coefficient (Wildman–Crippen LogP) is 6.20. The zero-order valence-electron chi connectivity index (χ0n) is 20.2. The molecule has 1 atom stereocenters. The molecule has 1 unspecified atom stereocenters. The Morgan fingerprint density at radius 3 is 2.61 bits per heavy atom. The molecule has 3 heterocycles. The molecule has 0 aliphatic carbocycles. The number of aryl methyl sites for hydroxylation is 2. The summed E-state index contributed by atoms with van der Waals surface area (Å²) in [7, 11) is 0. The van der Waals surface area contributed by atoms with Crippen LogP contribution in [0.3, 0.4) is 0 Å². The number of anilines is 1. The fraction of sp³-hybridized carbons (Fsp3) is 0.357. The highest BCUT2D eigenvalue weighted by Gasteiger charge is 2.42. The van der Waals surface area contributed by atoms with Crippen molar-refractivity contribution >= 4 is 27.5 Å². The molecule has 0 amide bonds. The number of rotatable bonds is 3. The van der Waals surface area contributed by atoms with Gasteiger partial charge in [0.25, 0.3) is 0 Å². The van der Waals surface area contributed by atoms with Crippen LogP contribution < -0.4 is 4.90 Å². The third-order valence-corrected chi connectivity index (χ3v) is 7.56. The number of aromatic nitrogens is 2. The lowest BCUT2D eigenvalue weighted by molar-refractivity contribution is -0.151. The van der Waals surface area contributed by atoms with Gasteiger partial charge in [-0.25, -0.2) is 23.1 Å². The fourth-order valence-corrected chi connectivity index (χ4v) is 5.81. The molecule has 1 N–H and O–H groups in total. The second kappa shape index (κ2) is 8.34. The molecule has 3 aromatic carbocycles. The Morgan fingerprint density at radius 2 is 1.89 bits per heavy atom. The number of piperidine rings is 1. The average molecular weight is 494 g/mol. The number of ether oxygens (including phenoxy) is 1. The number of fused-ring (bicyclic) bond motifs is 2. The smallest absolute Gasteiger partial charge is 0.160 e. The minimum absolute atomic E-state index is 0.00556. The Labute approximate surface area is 206 Å². The molecule has 2 fully saturated rings. The van der Waals surface area contributed by atoms with Gasteiger partial charge in [0.2, 0.25) is 0 Å². The minimum atomic E-state index is -0.860. The first-order chi connectivity index (χ1) is 17.3. The number of benzene rings is 3. The maximum Gasteiger partial charge on any atom is 0.160 e. The summed E-state index contributed by atoms with van der Waals surface area (Å²) >= 11 is 0. The minimum Gasteiger partial charge on any atom is -0.508 e. The highest BCUT2D eigenvalue weighted by Crippen LogP contribution is 2.42. The molecule has 186 valence electrons. The van der Waals surface area contributed by atoms with Gasteiger partial charge in [-0.3, -0.25) is 0 Å². The second-order valence-corrected chi connectivity index (χ2v) is 9.82. The van der Waals surface area contributed by atoms with Crippen LogP contribution >= 0.6 is 0 Å². The first kappa shape index (κ1) is 23.0. The van der Waals surface area contributed by atoms with Crippen LogP contribution in [-0.2, 0) is 11.2 Å². The number of aromatic hydroxyl groups is 1. The van der Waals surface area contributed by atoms with Gasteiger partial charge in [-0.2, -0.15) is 0 Å². The lowest BCUT2D eigenvalue weighted by atomic mass is 9.85. The highest BCUT2D eigenvalue weighted by atomic mass is 19.1. The third-order valence-electron chi connectivity index (χ3n) is 7.56. The van der Waals surface area contributed by atoms with Crippen LogP contribution in [0.25, 0.3) is 32.8 Å². The summed E-state index contributed by atoms with van der Waals surface area (Å²) in [5, 5.41) is 11.5. The van der Waals surface area contributed by atoms with Gasteiger partial charge in [0.05, 0.1) is 17.8 Å². The van der Waals surface area contributed by atoms with Crippen molar-refractivity contribution in [1.29, 1.82) is 0 Å². The predicted molar refractivity (Wildman–Crippen MR) is 133 cm³/mol. The zero-order chi connectivity index (χ0) is 25.2. The quantitative estimate of drug-likeness (QED) is 0.368. The van der Waals surface area contributed by atoms with E-state index in [-0.39, 0.29) is 33.4 Å². The molecule has 5 nitrogen and oxygen atoms in total. The number of phenolic OH excluding ortho intramolecular Hbond substituents is 1. The van der Waals surface area contributed by atoms with Crippen LogP contribution in [0.2, 0.25) is 0 Å². The van der Waals surface area contributed by atoms with Crippen molar-refractivity contribution in [2.24, 2.45) is 0 Å².